The topological polar surface area (TPSA) is 62.2 Å². The quantitative estimate of drug-likeness (QED) is 0.235. The first-order chi connectivity index (χ1) is 12.8. The van der Waals surface area contributed by atoms with Gasteiger partial charge in [-0.1, -0.05) is 6.07 Å². The van der Waals surface area contributed by atoms with Crippen LogP contribution in [-0.2, 0) is 9.47 Å². The fraction of sp³-hybridized carbons (Fsp3) is 0.684. The van der Waals surface area contributed by atoms with Crippen LogP contribution in [-0.4, -0.2) is 82.0 Å². The van der Waals surface area contributed by atoms with Crippen LogP contribution < -0.4 is 10.2 Å². The highest BCUT2D eigenvalue weighted by molar-refractivity contribution is 14.0. The maximum atomic E-state index is 5.49. The van der Waals surface area contributed by atoms with Crippen LogP contribution >= 0.6 is 24.0 Å². The monoisotopic (exact) mass is 491 g/mol. The highest BCUT2D eigenvalue weighted by Crippen LogP contribution is 2.12. The van der Waals surface area contributed by atoms with Crippen molar-refractivity contribution in [1.29, 1.82) is 0 Å². The molecule has 1 aromatic rings. The van der Waals surface area contributed by atoms with Crippen LogP contribution in [0.1, 0.15) is 19.8 Å². The number of guanidine groups is 1. The summed E-state index contributed by atoms with van der Waals surface area (Å²) in [6.07, 6.45) is 3.92. The van der Waals surface area contributed by atoms with Gasteiger partial charge in [-0.25, -0.2) is 4.98 Å². The van der Waals surface area contributed by atoms with Crippen molar-refractivity contribution in [3.63, 3.8) is 0 Å². The van der Waals surface area contributed by atoms with E-state index in [1.807, 2.05) is 18.3 Å². The molecule has 0 saturated carbocycles. The first-order valence-corrected chi connectivity index (χ1v) is 9.61. The van der Waals surface area contributed by atoms with E-state index in [1.54, 1.807) is 7.11 Å². The first kappa shape index (κ1) is 23.9. The summed E-state index contributed by atoms with van der Waals surface area (Å²) in [5.41, 5.74) is 0. The summed E-state index contributed by atoms with van der Waals surface area (Å²) >= 11 is 0. The second-order valence-corrected chi connectivity index (χ2v) is 6.21. The summed E-state index contributed by atoms with van der Waals surface area (Å²) in [6, 6.07) is 6.07. The molecule has 1 fully saturated rings. The third-order valence-electron chi connectivity index (χ3n) is 4.28. The van der Waals surface area contributed by atoms with E-state index in [1.165, 1.54) is 0 Å². The summed E-state index contributed by atoms with van der Waals surface area (Å²) < 4.78 is 10.5. The zero-order valence-corrected chi connectivity index (χ0v) is 18.9. The largest absolute Gasteiger partial charge is 0.382 e. The zero-order valence-electron chi connectivity index (χ0n) is 16.6. The number of aromatic nitrogens is 1. The van der Waals surface area contributed by atoms with Crippen molar-refractivity contribution < 1.29 is 9.47 Å². The Hall–Kier alpha value is -1.13. The van der Waals surface area contributed by atoms with E-state index in [0.29, 0.717) is 13.2 Å². The molecule has 1 saturated heterocycles. The molecule has 8 heteroatoms. The highest BCUT2D eigenvalue weighted by atomic mass is 127. The number of halogens is 1. The van der Waals surface area contributed by atoms with Crippen molar-refractivity contribution in [2.75, 3.05) is 71.1 Å². The summed E-state index contributed by atoms with van der Waals surface area (Å²) in [5.74, 6) is 2.08. The lowest BCUT2D eigenvalue weighted by Gasteiger charge is -2.37. The Balaban J connectivity index is 0.00000364. The second-order valence-electron chi connectivity index (χ2n) is 6.21. The number of hydrogen-bond acceptors (Lipinski definition) is 5. The minimum Gasteiger partial charge on any atom is -0.382 e. The van der Waals surface area contributed by atoms with Gasteiger partial charge in [0.2, 0.25) is 0 Å². The molecule has 0 amide bonds. The predicted molar refractivity (Wildman–Crippen MR) is 121 cm³/mol. The normalized spacial score (nSPS) is 14.8. The molecule has 2 rings (SSSR count). The summed E-state index contributed by atoms with van der Waals surface area (Å²) in [5, 5.41) is 3.42. The van der Waals surface area contributed by atoms with Gasteiger partial charge in [-0.15, -0.1) is 24.0 Å². The Morgan fingerprint density at radius 2 is 1.96 bits per heavy atom. The number of ether oxygens (including phenoxy) is 2. The molecule has 1 aliphatic rings. The molecule has 1 N–H and O–H groups in total. The molecule has 1 aliphatic heterocycles. The fourth-order valence-electron chi connectivity index (χ4n) is 2.86. The smallest absolute Gasteiger partial charge is 0.194 e. The lowest BCUT2D eigenvalue weighted by atomic mass is 10.3. The van der Waals surface area contributed by atoms with Crippen molar-refractivity contribution in [2.24, 2.45) is 4.99 Å². The Labute approximate surface area is 180 Å². The van der Waals surface area contributed by atoms with Crippen LogP contribution in [0.15, 0.2) is 29.4 Å². The average Bonchev–Trinajstić information content (AvgIpc) is 2.70. The van der Waals surface area contributed by atoms with E-state index in [9.17, 15) is 0 Å². The number of unbranched alkanes of at least 4 members (excludes halogenated alkanes) is 1. The van der Waals surface area contributed by atoms with Crippen molar-refractivity contribution in [3.8, 4) is 0 Å². The molecule has 0 aliphatic carbocycles. The molecule has 0 atom stereocenters. The number of nitrogens with one attached hydrogen (secondary N) is 1. The number of pyridine rings is 1. The van der Waals surface area contributed by atoms with Crippen LogP contribution in [0, 0.1) is 0 Å². The van der Waals surface area contributed by atoms with Crippen LogP contribution in [0.25, 0.3) is 0 Å². The highest BCUT2D eigenvalue weighted by Gasteiger charge is 2.20. The van der Waals surface area contributed by atoms with Gasteiger partial charge in [0.1, 0.15) is 5.82 Å². The van der Waals surface area contributed by atoms with Gasteiger partial charge in [-0.2, -0.15) is 0 Å². The minimum atomic E-state index is 0. The van der Waals surface area contributed by atoms with Gasteiger partial charge in [0.15, 0.2) is 5.96 Å². The lowest BCUT2D eigenvalue weighted by Crippen LogP contribution is -2.52. The van der Waals surface area contributed by atoms with Gasteiger partial charge in [-0.3, -0.25) is 4.99 Å². The number of aliphatic imine (C=N–C) groups is 1. The second kappa shape index (κ2) is 14.9. The van der Waals surface area contributed by atoms with E-state index in [2.05, 4.69) is 33.1 Å². The molecular weight excluding hydrogens is 457 g/mol. The number of piperazine rings is 1. The molecule has 0 unspecified atom stereocenters. The molecular formula is C19H34IN5O2. The van der Waals surface area contributed by atoms with Gasteiger partial charge >= 0.3 is 0 Å². The number of rotatable bonds is 10. The van der Waals surface area contributed by atoms with Gasteiger partial charge in [0.05, 0.1) is 13.2 Å². The Morgan fingerprint density at radius 3 is 2.63 bits per heavy atom. The molecule has 0 radical (unpaired) electrons. The Bertz CT molecular complexity index is 510. The van der Waals surface area contributed by atoms with E-state index in [4.69, 9.17) is 14.5 Å². The van der Waals surface area contributed by atoms with Crippen LogP contribution in [0.2, 0.25) is 0 Å². The number of methoxy groups -OCH3 is 1. The predicted octanol–water partition coefficient (Wildman–Crippen LogP) is 2.23. The van der Waals surface area contributed by atoms with Crippen LogP contribution in [0.3, 0.4) is 0 Å². The Kier molecular flexibility index (Phi) is 13.2. The maximum absolute atomic E-state index is 5.49. The summed E-state index contributed by atoms with van der Waals surface area (Å²) in [7, 11) is 1.69. The minimum absolute atomic E-state index is 0. The van der Waals surface area contributed by atoms with E-state index >= 15 is 0 Å². The first-order valence-electron chi connectivity index (χ1n) is 9.61. The fourth-order valence-corrected chi connectivity index (χ4v) is 2.86. The number of nitrogens with zero attached hydrogens (tertiary/aromatic N) is 4. The van der Waals surface area contributed by atoms with Gasteiger partial charge < -0.3 is 24.6 Å². The third-order valence-corrected chi connectivity index (χ3v) is 4.28. The molecule has 0 spiro atoms. The van der Waals surface area contributed by atoms with Gasteiger partial charge in [0.25, 0.3) is 0 Å². The van der Waals surface area contributed by atoms with Gasteiger partial charge in [-0.05, 0) is 31.9 Å². The lowest BCUT2D eigenvalue weighted by molar-refractivity contribution is 0.0690. The van der Waals surface area contributed by atoms with E-state index < -0.39 is 0 Å². The van der Waals surface area contributed by atoms with E-state index in [0.717, 1.165) is 70.5 Å². The van der Waals surface area contributed by atoms with Crippen molar-refractivity contribution in [2.45, 2.75) is 19.8 Å². The standard InChI is InChI=1S/C19H33N5O2.HI/c1-3-20-19(22-10-6-7-15-26-17-16-25-2)24-13-11-23(12-14-24)18-8-4-5-9-21-18;/h4-5,8-9H,3,6-7,10-17H2,1-2H3,(H,20,22);1H. The van der Waals surface area contributed by atoms with Crippen molar-refractivity contribution in [1.82, 2.24) is 15.2 Å². The van der Waals surface area contributed by atoms with Crippen molar-refractivity contribution >= 4 is 35.8 Å². The van der Waals surface area contributed by atoms with Crippen LogP contribution in [0.4, 0.5) is 5.82 Å². The SMILES string of the molecule is CCNC(=NCCCCOCCOC)N1CCN(c2ccccn2)CC1.I. The summed E-state index contributed by atoms with van der Waals surface area (Å²) in [6.45, 7) is 9.79. The zero-order chi connectivity index (χ0) is 18.5. The molecule has 7 nitrogen and oxygen atoms in total. The maximum Gasteiger partial charge on any atom is 0.194 e. The molecule has 0 aromatic carbocycles. The molecule has 154 valence electrons. The number of hydrogen-bond donors (Lipinski definition) is 1. The Morgan fingerprint density at radius 1 is 1.15 bits per heavy atom. The molecule has 0 bridgehead atoms. The summed E-state index contributed by atoms with van der Waals surface area (Å²) in [4.78, 5) is 13.9. The van der Waals surface area contributed by atoms with Crippen LogP contribution in [0.5, 0.6) is 0 Å². The average molecular weight is 491 g/mol. The molecule has 1 aromatic heterocycles. The molecule has 27 heavy (non-hydrogen) atoms. The molecule has 2 heterocycles. The van der Waals surface area contributed by atoms with Crippen molar-refractivity contribution in [3.05, 3.63) is 24.4 Å². The third kappa shape index (κ3) is 9.07. The number of anilines is 1. The van der Waals surface area contributed by atoms with Gasteiger partial charge in [0, 0.05) is 59.2 Å². The van der Waals surface area contributed by atoms with E-state index in [-0.39, 0.29) is 24.0 Å².